The van der Waals surface area contributed by atoms with E-state index in [2.05, 4.69) is 31.7 Å². The normalized spacial score (nSPS) is 18.2. The van der Waals surface area contributed by atoms with Crippen molar-refractivity contribution in [3.63, 3.8) is 0 Å². The maximum atomic E-state index is 12.2. The van der Waals surface area contributed by atoms with Crippen LogP contribution in [0.3, 0.4) is 0 Å². The Balaban J connectivity index is 1.50. The van der Waals surface area contributed by atoms with Crippen molar-refractivity contribution in [3.8, 4) is 0 Å². The minimum atomic E-state index is -0.0336. The lowest BCUT2D eigenvalue weighted by molar-refractivity contribution is 0.0929. The van der Waals surface area contributed by atoms with Gasteiger partial charge in [0.15, 0.2) is 0 Å². The summed E-state index contributed by atoms with van der Waals surface area (Å²) < 4.78 is 2.19. The Morgan fingerprint density at radius 2 is 2.24 bits per heavy atom. The molecular formula is C19H27N5O. The Labute approximate surface area is 149 Å². The fraction of sp³-hybridized carbons (Fsp3) is 0.526. The first-order valence-electron chi connectivity index (χ1n) is 9.08. The van der Waals surface area contributed by atoms with Crippen molar-refractivity contribution in [2.24, 2.45) is 5.92 Å². The fourth-order valence-electron chi connectivity index (χ4n) is 3.40. The van der Waals surface area contributed by atoms with Gasteiger partial charge in [0.1, 0.15) is 0 Å². The number of carbonyl (C=O) groups excluding carboxylic acids is 1. The number of rotatable bonds is 6. The summed E-state index contributed by atoms with van der Waals surface area (Å²) in [6.45, 7) is 8.79. The fourth-order valence-corrected chi connectivity index (χ4v) is 3.40. The molecule has 1 aliphatic rings. The molecule has 2 aromatic heterocycles. The molecule has 0 aliphatic carbocycles. The number of aryl methyl sites for hydroxylation is 2. The zero-order valence-electron chi connectivity index (χ0n) is 15.1. The van der Waals surface area contributed by atoms with Crippen LogP contribution in [0.1, 0.15) is 41.5 Å². The van der Waals surface area contributed by atoms with Crippen molar-refractivity contribution in [2.45, 2.75) is 39.8 Å². The number of imidazole rings is 1. The topological polar surface area (TPSA) is 63.1 Å². The van der Waals surface area contributed by atoms with E-state index < -0.39 is 0 Å². The van der Waals surface area contributed by atoms with Gasteiger partial charge in [-0.15, -0.1) is 0 Å². The van der Waals surface area contributed by atoms with Crippen molar-refractivity contribution in [2.75, 3.05) is 19.6 Å². The van der Waals surface area contributed by atoms with Crippen molar-refractivity contribution in [1.29, 1.82) is 0 Å². The number of carbonyl (C=O) groups is 1. The van der Waals surface area contributed by atoms with Gasteiger partial charge in [0.05, 0.1) is 17.6 Å². The second kappa shape index (κ2) is 8.25. The Kier molecular flexibility index (Phi) is 5.81. The number of amides is 1. The summed E-state index contributed by atoms with van der Waals surface area (Å²) in [6.07, 6.45) is 7.83. The molecule has 6 nitrogen and oxygen atoms in total. The summed E-state index contributed by atoms with van der Waals surface area (Å²) in [6, 6.07) is 3.70. The second-order valence-corrected chi connectivity index (χ2v) is 6.81. The summed E-state index contributed by atoms with van der Waals surface area (Å²) in [5.74, 6) is 0.461. The van der Waals surface area contributed by atoms with Gasteiger partial charge in [-0.05, 0) is 51.3 Å². The first-order chi connectivity index (χ1) is 12.2. The highest BCUT2D eigenvalue weighted by molar-refractivity contribution is 5.93. The Hall–Kier alpha value is -2.21. The SMILES string of the molecule is CCn1cncc1CN1CCCC(CNC(=O)c2ccc(C)nc2)C1. The van der Waals surface area contributed by atoms with Gasteiger partial charge in [-0.25, -0.2) is 4.98 Å². The first kappa shape index (κ1) is 17.6. The molecule has 1 N–H and O–H groups in total. The van der Waals surface area contributed by atoms with Gasteiger partial charge in [0.25, 0.3) is 5.91 Å². The minimum absolute atomic E-state index is 0.0336. The van der Waals surface area contributed by atoms with E-state index in [1.165, 1.54) is 12.1 Å². The third-order valence-corrected chi connectivity index (χ3v) is 4.85. The quantitative estimate of drug-likeness (QED) is 0.875. The molecular weight excluding hydrogens is 314 g/mol. The van der Waals surface area contributed by atoms with Crippen LogP contribution in [-0.4, -0.2) is 45.0 Å². The average Bonchev–Trinajstić information content (AvgIpc) is 3.08. The van der Waals surface area contributed by atoms with Crippen molar-refractivity contribution in [3.05, 3.63) is 47.8 Å². The minimum Gasteiger partial charge on any atom is -0.352 e. The molecule has 0 bridgehead atoms. The third kappa shape index (κ3) is 4.66. The molecule has 0 aromatic carbocycles. The number of piperidine rings is 1. The predicted molar refractivity (Wildman–Crippen MR) is 97.2 cm³/mol. The molecule has 0 saturated carbocycles. The van der Waals surface area contributed by atoms with Gasteiger partial charge < -0.3 is 9.88 Å². The van der Waals surface area contributed by atoms with E-state index in [9.17, 15) is 4.79 Å². The zero-order valence-corrected chi connectivity index (χ0v) is 15.1. The van der Waals surface area contributed by atoms with Crippen molar-refractivity contribution < 1.29 is 4.79 Å². The summed E-state index contributed by atoms with van der Waals surface area (Å²) in [7, 11) is 0. The molecule has 25 heavy (non-hydrogen) atoms. The van der Waals surface area contributed by atoms with E-state index in [1.54, 1.807) is 6.20 Å². The van der Waals surface area contributed by atoms with E-state index in [-0.39, 0.29) is 5.91 Å². The van der Waals surface area contributed by atoms with Gasteiger partial charge in [-0.1, -0.05) is 0 Å². The molecule has 0 spiro atoms. The molecule has 1 atom stereocenters. The van der Waals surface area contributed by atoms with Crippen LogP contribution in [0.5, 0.6) is 0 Å². The standard InChI is InChI=1S/C19H27N5O/c1-3-24-14-20-11-18(24)13-23-8-4-5-16(12-23)9-22-19(25)17-7-6-15(2)21-10-17/h6-7,10-11,14,16H,3-5,8-9,12-13H2,1-2H3,(H,22,25). The number of pyridine rings is 1. The number of aromatic nitrogens is 3. The number of nitrogens with one attached hydrogen (secondary N) is 1. The first-order valence-corrected chi connectivity index (χ1v) is 9.08. The Morgan fingerprint density at radius 3 is 3.00 bits per heavy atom. The van der Waals surface area contributed by atoms with Crippen molar-refractivity contribution >= 4 is 5.91 Å². The molecule has 0 radical (unpaired) electrons. The van der Waals surface area contributed by atoms with Gasteiger partial charge in [0, 0.05) is 44.3 Å². The highest BCUT2D eigenvalue weighted by atomic mass is 16.1. The van der Waals surface area contributed by atoms with E-state index >= 15 is 0 Å². The van der Waals surface area contributed by atoms with Crippen molar-refractivity contribution in [1.82, 2.24) is 24.8 Å². The van der Waals surface area contributed by atoms with Crippen LogP contribution in [0.25, 0.3) is 0 Å². The lowest BCUT2D eigenvalue weighted by Crippen LogP contribution is -2.40. The Morgan fingerprint density at radius 1 is 1.36 bits per heavy atom. The highest BCUT2D eigenvalue weighted by Crippen LogP contribution is 2.18. The monoisotopic (exact) mass is 341 g/mol. The van der Waals surface area contributed by atoms with Crippen LogP contribution >= 0.6 is 0 Å². The molecule has 3 heterocycles. The molecule has 1 saturated heterocycles. The molecule has 1 aliphatic heterocycles. The van der Waals surface area contributed by atoms with Crippen LogP contribution in [0, 0.1) is 12.8 Å². The van der Waals surface area contributed by atoms with Crippen LogP contribution in [0.15, 0.2) is 30.9 Å². The molecule has 3 rings (SSSR count). The van der Waals surface area contributed by atoms with Crippen LogP contribution in [-0.2, 0) is 13.1 Å². The third-order valence-electron chi connectivity index (χ3n) is 4.85. The number of hydrogen-bond donors (Lipinski definition) is 1. The smallest absolute Gasteiger partial charge is 0.252 e. The summed E-state index contributed by atoms with van der Waals surface area (Å²) in [5.41, 5.74) is 2.81. The molecule has 1 unspecified atom stereocenters. The van der Waals surface area contributed by atoms with E-state index in [0.29, 0.717) is 11.5 Å². The molecule has 1 fully saturated rings. The van der Waals surface area contributed by atoms with Gasteiger partial charge >= 0.3 is 0 Å². The highest BCUT2D eigenvalue weighted by Gasteiger charge is 2.21. The zero-order chi connectivity index (χ0) is 17.6. The van der Waals surface area contributed by atoms with Crippen LogP contribution < -0.4 is 5.32 Å². The van der Waals surface area contributed by atoms with Crippen LogP contribution in [0.4, 0.5) is 0 Å². The van der Waals surface area contributed by atoms with E-state index in [0.717, 1.165) is 44.8 Å². The summed E-state index contributed by atoms with van der Waals surface area (Å²) in [4.78, 5) is 23.2. The maximum absolute atomic E-state index is 12.2. The number of likely N-dealkylation sites (tertiary alicyclic amines) is 1. The molecule has 1 amide bonds. The Bertz CT molecular complexity index is 694. The predicted octanol–water partition coefficient (Wildman–Crippen LogP) is 2.25. The molecule has 6 heteroatoms. The summed E-state index contributed by atoms with van der Waals surface area (Å²) in [5, 5.41) is 3.07. The number of nitrogens with zero attached hydrogens (tertiary/aromatic N) is 4. The van der Waals surface area contributed by atoms with E-state index in [1.807, 2.05) is 31.6 Å². The van der Waals surface area contributed by atoms with E-state index in [4.69, 9.17) is 0 Å². The lowest BCUT2D eigenvalue weighted by Gasteiger charge is -2.32. The maximum Gasteiger partial charge on any atom is 0.252 e. The largest absolute Gasteiger partial charge is 0.352 e. The van der Waals surface area contributed by atoms with Gasteiger partial charge in [0.2, 0.25) is 0 Å². The summed E-state index contributed by atoms with van der Waals surface area (Å²) >= 11 is 0. The number of hydrogen-bond acceptors (Lipinski definition) is 4. The van der Waals surface area contributed by atoms with Crippen LogP contribution in [0.2, 0.25) is 0 Å². The lowest BCUT2D eigenvalue weighted by atomic mass is 9.97. The van der Waals surface area contributed by atoms with Gasteiger partial charge in [-0.2, -0.15) is 0 Å². The molecule has 134 valence electrons. The van der Waals surface area contributed by atoms with Gasteiger partial charge in [-0.3, -0.25) is 14.7 Å². The second-order valence-electron chi connectivity index (χ2n) is 6.81. The average molecular weight is 341 g/mol. The molecule has 2 aromatic rings.